The van der Waals surface area contributed by atoms with Crippen LogP contribution < -0.4 is 20.6 Å². The molecule has 8 bridgehead atoms. The van der Waals surface area contributed by atoms with E-state index in [0.29, 0.717) is 48.8 Å². The molecule has 362 valence electrons. The van der Waals surface area contributed by atoms with Gasteiger partial charge in [0.1, 0.15) is 12.5 Å². The Labute approximate surface area is 414 Å². The molecule has 0 saturated carbocycles. The van der Waals surface area contributed by atoms with Crippen molar-refractivity contribution in [3.05, 3.63) is 56.7 Å². The SMILES string of the molecule is CCC1C2Cc3[n-]c4c(c3C)C(=O)C(C(=O)OC)C4C3NC(Cc4[n-]c(c(C(C)=O)c4C)CC(N2)C1C)C(C)C3CCC(=O)OCC=C(C)CCCC(C)CCCC(C)CCCC(C)C.[Mg+2]. The number of nitrogens with one attached hydrogen (secondary N) is 2. The van der Waals surface area contributed by atoms with E-state index in [2.05, 4.69) is 66.0 Å². The summed E-state index contributed by atoms with van der Waals surface area (Å²) in [5.41, 5.74) is 7.67. The third-order valence-electron chi connectivity index (χ3n) is 16.7. The molecule has 4 aliphatic rings. The van der Waals surface area contributed by atoms with Crippen molar-refractivity contribution in [1.29, 1.82) is 0 Å². The van der Waals surface area contributed by atoms with Gasteiger partial charge in [0, 0.05) is 47.6 Å². The Balaban J connectivity index is 0.00000817. The summed E-state index contributed by atoms with van der Waals surface area (Å²) in [4.78, 5) is 65.5. The first kappa shape index (κ1) is 54.2. The van der Waals surface area contributed by atoms with Gasteiger partial charge in [0.15, 0.2) is 11.6 Å². The maximum atomic E-state index is 14.5. The zero-order chi connectivity index (χ0) is 47.3. The van der Waals surface area contributed by atoms with E-state index in [1.54, 1.807) is 6.92 Å². The Kier molecular flexibility index (Phi) is 19.9. The van der Waals surface area contributed by atoms with Gasteiger partial charge in [0.05, 0.1) is 7.11 Å². The molecule has 6 rings (SSSR count). The zero-order valence-corrected chi connectivity index (χ0v) is 44.4. The summed E-state index contributed by atoms with van der Waals surface area (Å²) in [6, 6.07) is -0.149. The van der Waals surface area contributed by atoms with E-state index in [1.807, 2.05) is 19.9 Å². The number of methoxy groups -OCH3 is 1. The van der Waals surface area contributed by atoms with Crippen molar-refractivity contribution in [2.24, 2.45) is 47.3 Å². The third-order valence-corrected chi connectivity index (χ3v) is 16.7. The van der Waals surface area contributed by atoms with Crippen LogP contribution >= 0.6 is 0 Å². The first-order valence-electron chi connectivity index (χ1n) is 25.7. The molecule has 2 N–H and O–H groups in total. The van der Waals surface area contributed by atoms with Gasteiger partial charge in [-0.2, -0.15) is 11.4 Å². The zero-order valence-electron chi connectivity index (χ0n) is 42.9. The van der Waals surface area contributed by atoms with Gasteiger partial charge < -0.3 is 30.1 Å². The molecule has 0 amide bonds. The Morgan fingerprint density at radius 3 is 2.00 bits per heavy atom. The standard InChI is InChI=1S/C55H86N4O6.Mg/c1-13-39-34(7)41-29-46-48(38(11)60)36(9)43(57-46)27-42-35(8)40(52(58-42)50-51(55(63)64-12)54(62)49-37(10)44(59-53(49)50)28-45(39)56-41)23-24-47(61)65-26-25-33(6)22-16-21-32(5)20-15-19-31(4)18-14-17-30(2)3;/h25,30-32,34-35,39-42,45,50-52,56,58H,13-24,26-29H2,1-12H3,(H2,57,59,60,62);/q;+2/p-2. The number of rotatable bonds is 20. The number of hydrogen-bond acceptors (Lipinski definition) is 8. The number of allylic oxidation sites excluding steroid dienone is 1. The molecule has 0 spiro atoms. The molecule has 5 heterocycles. The smallest absolute Gasteiger partial charge is 0.664 e. The van der Waals surface area contributed by atoms with Crippen LogP contribution in [0.25, 0.3) is 0 Å². The van der Waals surface area contributed by atoms with Gasteiger partial charge in [-0.3, -0.25) is 19.2 Å². The number of aromatic nitrogens is 2. The second-order valence-electron chi connectivity index (χ2n) is 21.8. The van der Waals surface area contributed by atoms with Crippen LogP contribution in [0.3, 0.4) is 0 Å². The number of carbonyl (C=O) groups excluding carboxylic acids is 4. The predicted molar refractivity (Wildman–Crippen MR) is 264 cm³/mol. The predicted octanol–water partition coefficient (Wildman–Crippen LogP) is 9.75. The summed E-state index contributed by atoms with van der Waals surface area (Å²) >= 11 is 0. The molecule has 0 radical (unpaired) electrons. The number of fused-ring (bicyclic) bond motifs is 8. The monoisotopic (exact) mass is 921 g/mol. The maximum Gasteiger partial charge on any atom is 2.00 e. The second-order valence-corrected chi connectivity index (χ2v) is 21.8. The van der Waals surface area contributed by atoms with Crippen molar-refractivity contribution in [2.75, 3.05) is 13.7 Å². The molecule has 66 heavy (non-hydrogen) atoms. The van der Waals surface area contributed by atoms with E-state index < -0.39 is 17.8 Å². The second kappa shape index (κ2) is 24.2. The quantitative estimate of drug-likeness (QED) is 0.0434. The van der Waals surface area contributed by atoms with E-state index in [1.165, 1.54) is 57.6 Å². The summed E-state index contributed by atoms with van der Waals surface area (Å²) in [6.07, 6.45) is 17.0. The number of esters is 2. The number of hydrogen-bond donors (Lipinski definition) is 2. The minimum Gasteiger partial charge on any atom is -0.664 e. The third kappa shape index (κ3) is 12.3. The molecule has 2 saturated heterocycles. The van der Waals surface area contributed by atoms with Crippen molar-refractivity contribution in [3.8, 4) is 0 Å². The summed E-state index contributed by atoms with van der Waals surface area (Å²) < 4.78 is 11.2. The van der Waals surface area contributed by atoms with Crippen molar-refractivity contribution in [1.82, 2.24) is 20.6 Å². The van der Waals surface area contributed by atoms with Crippen LogP contribution in [-0.4, -0.2) is 84.4 Å². The van der Waals surface area contributed by atoms with Crippen LogP contribution in [0.5, 0.6) is 0 Å². The molecule has 12 unspecified atom stereocenters. The Bertz CT molecular complexity index is 2020. The van der Waals surface area contributed by atoms with Crippen LogP contribution in [0.1, 0.15) is 200 Å². The van der Waals surface area contributed by atoms with E-state index >= 15 is 0 Å². The molecule has 3 aliphatic heterocycles. The molecular formula is C55H84MgN4O6. The summed E-state index contributed by atoms with van der Waals surface area (Å²) in [5, 5.41) is 7.86. The Morgan fingerprint density at radius 1 is 0.773 bits per heavy atom. The van der Waals surface area contributed by atoms with Crippen LogP contribution in [0.2, 0.25) is 0 Å². The van der Waals surface area contributed by atoms with Crippen molar-refractivity contribution >= 4 is 46.6 Å². The normalized spacial score (nSPS) is 28.1. The molecule has 2 aromatic rings. The van der Waals surface area contributed by atoms with Gasteiger partial charge in [-0.05, 0) is 114 Å². The number of ketones is 2. The van der Waals surface area contributed by atoms with Crippen molar-refractivity contribution in [3.63, 3.8) is 0 Å². The topological polar surface area (TPSA) is 139 Å². The summed E-state index contributed by atoms with van der Waals surface area (Å²) in [6.45, 7) is 24.2. The molecule has 2 aromatic heterocycles. The van der Waals surface area contributed by atoms with Crippen LogP contribution in [0.4, 0.5) is 0 Å². The fourth-order valence-electron chi connectivity index (χ4n) is 12.7. The van der Waals surface area contributed by atoms with Crippen LogP contribution in [0.15, 0.2) is 11.6 Å². The van der Waals surface area contributed by atoms with Gasteiger partial charge in [0.2, 0.25) is 0 Å². The Hall–Kier alpha value is -2.73. The minimum absolute atomic E-state index is 0. The molecule has 10 nitrogen and oxygen atoms in total. The maximum absolute atomic E-state index is 14.5. The van der Waals surface area contributed by atoms with E-state index in [9.17, 15) is 19.2 Å². The fourth-order valence-corrected chi connectivity index (χ4v) is 12.7. The van der Waals surface area contributed by atoms with Crippen molar-refractivity contribution < 1.29 is 28.7 Å². The van der Waals surface area contributed by atoms with Crippen molar-refractivity contribution in [2.45, 2.75) is 203 Å². The molecular weight excluding hydrogens is 837 g/mol. The van der Waals surface area contributed by atoms with E-state index in [4.69, 9.17) is 19.4 Å². The largest absolute Gasteiger partial charge is 2.00 e. The number of carbonyl (C=O) groups is 4. The number of nitrogens with zero attached hydrogens (tertiary/aromatic N) is 2. The summed E-state index contributed by atoms with van der Waals surface area (Å²) in [5.74, 6) is 0.443. The molecule has 0 aromatic carbocycles. The molecule has 2 fully saturated rings. The van der Waals surface area contributed by atoms with E-state index in [0.717, 1.165) is 70.8 Å². The van der Waals surface area contributed by atoms with Gasteiger partial charge in [-0.15, -0.1) is 11.4 Å². The number of Topliss-reactive ketones (excluding diaryl/α,β-unsaturated/α-hetero) is 2. The van der Waals surface area contributed by atoms with Gasteiger partial charge in [-0.1, -0.05) is 117 Å². The summed E-state index contributed by atoms with van der Waals surface area (Å²) in [7, 11) is 1.35. The van der Waals surface area contributed by atoms with E-state index in [-0.39, 0.29) is 89.6 Å². The molecule has 1 aliphatic carbocycles. The average molecular weight is 922 g/mol. The molecule has 11 heteroatoms. The van der Waals surface area contributed by atoms with Crippen LogP contribution in [-0.2, 0) is 38.3 Å². The molecule has 12 atom stereocenters. The van der Waals surface area contributed by atoms with Gasteiger partial charge >= 0.3 is 35.0 Å². The minimum atomic E-state index is -1.03. The first-order valence-corrected chi connectivity index (χ1v) is 25.7. The average Bonchev–Trinajstić information content (AvgIpc) is 4.00. The number of ether oxygens (including phenoxy) is 2. The fraction of sp³-hybridized carbons (Fsp3) is 0.745. The Morgan fingerprint density at radius 2 is 1.36 bits per heavy atom. The van der Waals surface area contributed by atoms with Gasteiger partial charge in [0.25, 0.3) is 0 Å². The first-order chi connectivity index (χ1) is 30.9. The van der Waals surface area contributed by atoms with Gasteiger partial charge in [-0.25, -0.2) is 0 Å². The van der Waals surface area contributed by atoms with Crippen LogP contribution in [0, 0.1) is 61.2 Å².